The second-order valence-electron chi connectivity index (χ2n) is 7.76. The molecule has 7 heteroatoms. The Balaban J connectivity index is 1.70. The Morgan fingerprint density at radius 2 is 1.53 bits per heavy atom. The maximum Gasteiger partial charge on any atom is 0.326 e. The van der Waals surface area contributed by atoms with Crippen molar-refractivity contribution < 1.29 is 23.9 Å². The SMILES string of the molecule is CCOc1ccccc1C(=O)NCC(=O)OC(C(=O)Nc1cc(C)cc(C)c1)c1ccccc1. The Kier molecular flexibility index (Phi) is 8.40. The van der Waals surface area contributed by atoms with Gasteiger partial charge in [0.25, 0.3) is 11.8 Å². The maximum absolute atomic E-state index is 13.1. The van der Waals surface area contributed by atoms with Gasteiger partial charge >= 0.3 is 5.97 Å². The molecule has 1 atom stereocenters. The molecule has 3 rings (SSSR count). The average molecular weight is 461 g/mol. The zero-order chi connectivity index (χ0) is 24.5. The average Bonchev–Trinajstić information content (AvgIpc) is 2.81. The third-order valence-electron chi connectivity index (χ3n) is 4.90. The summed E-state index contributed by atoms with van der Waals surface area (Å²) in [6.45, 7) is 5.69. The summed E-state index contributed by atoms with van der Waals surface area (Å²) in [4.78, 5) is 38.2. The fraction of sp³-hybridized carbons (Fsp3) is 0.222. The first kappa shape index (κ1) is 24.5. The zero-order valence-electron chi connectivity index (χ0n) is 19.5. The molecule has 0 fully saturated rings. The van der Waals surface area contributed by atoms with E-state index < -0.39 is 30.4 Å². The topological polar surface area (TPSA) is 93.7 Å². The highest BCUT2D eigenvalue weighted by atomic mass is 16.5. The number of amides is 2. The van der Waals surface area contributed by atoms with E-state index in [0.717, 1.165) is 11.1 Å². The van der Waals surface area contributed by atoms with Crippen LogP contribution < -0.4 is 15.4 Å². The van der Waals surface area contributed by atoms with Gasteiger partial charge in [-0.1, -0.05) is 48.5 Å². The molecule has 0 aliphatic heterocycles. The number of rotatable bonds is 9. The van der Waals surface area contributed by atoms with Gasteiger partial charge in [0.2, 0.25) is 6.10 Å². The molecule has 0 saturated heterocycles. The molecule has 176 valence electrons. The predicted octanol–water partition coefficient (Wildman–Crippen LogP) is 4.36. The van der Waals surface area contributed by atoms with E-state index in [-0.39, 0.29) is 0 Å². The minimum Gasteiger partial charge on any atom is -0.493 e. The summed E-state index contributed by atoms with van der Waals surface area (Å²) in [6, 6.07) is 21.2. The van der Waals surface area contributed by atoms with Gasteiger partial charge in [0.05, 0.1) is 12.2 Å². The van der Waals surface area contributed by atoms with Gasteiger partial charge in [0.1, 0.15) is 12.3 Å². The second kappa shape index (κ2) is 11.7. The zero-order valence-corrected chi connectivity index (χ0v) is 19.5. The van der Waals surface area contributed by atoms with Crippen molar-refractivity contribution in [2.45, 2.75) is 26.9 Å². The number of para-hydroxylation sites is 1. The van der Waals surface area contributed by atoms with E-state index in [0.29, 0.717) is 29.2 Å². The standard InChI is InChI=1S/C27H28N2O5/c1-4-33-23-13-9-8-12-22(23)26(31)28-17-24(30)34-25(20-10-6-5-7-11-20)27(32)29-21-15-18(2)14-19(3)16-21/h5-16,25H,4,17H2,1-3H3,(H,28,31)(H,29,32). The molecular weight excluding hydrogens is 432 g/mol. The number of hydrogen-bond acceptors (Lipinski definition) is 5. The molecule has 3 aromatic carbocycles. The van der Waals surface area contributed by atoms with Crippen LogP contribution in [0.2, 0.25) is 0 Å². The van der Waals surface area contributed by atoms with E-state index in [4.69, 9.17) is 9.47 Å². The molecule has 0 aliphatic rings. The number of esters is 1. The van der Waals surface area contributed by atoms with Crippen molar-refractivity contribution in [2.24, 2.45) is 0 Å². The van der Waals surface area contributed by atoms with E-state index >= 15 is 0 Å². The number of ether oxygens (including phenoxy) is 2. The van der Waals surface area contributed by atoms with E-state index in [1.54, 1.807) is 54.6 Å². The molecule has 2 amide bonds. The molecule has 0 radical (unpaired) electrons. The molecular formula is C27H28N2O5. The largest absolute Gasteiger partial charge is 0.493 e. The normalized spacial score (nSPS) is 11.3. The van der Waals surface area contributed by atoms with Crippen LogP contribution >= 0.6 is 0 Å². The number of anilines is 1. The Hall–Kier alpha value is -4.13. The minimum absolute atomic E-state index is 0.310. The van der Waals surface area contributed by atoms with Crippen LogP contribution in [0, 0.1) is 13.8 Å². The molecule has 34 heavy (non-hydrogen) atoms. The molecule has 0 saturated carbocycles. The number of carbonyl (C=O) groups is 3. The quantitative estimate of drug-likeness (QED) is 0.463. The van der Waals surface area contributed by atoms with Crippen molar-refractivity contribution in [1.29, 1.82) is 0 Å². The lowest BCUT2D eigenvalue weighted by Crippen LogP contribution is -2.34. The monoisotopic (exact) mass is 460 g/mol. The van der Waals surface area contributed by atoms with Crippen molar-refractivity contribution in [2.75, 3.05) is 18.5 Å². The van der Waals surface area contributed by atoms with Crippen LogP contribution in [-0.4, -0.2) is 30.9 Å². The smallest absolute Gasteiger partial charge is 0.326 e. The van der Waals surface area contributed by atoms with Gasteiger partial charge in [-0.3, -0.25) is 14.4 Å². The summed E-state index contributed by atoms with van der Waals surface area (Å²) in [5.41, 5.74) is 3.44. The lowest BCUT2D eigenvalue weighted by Gasteiger charge is -2.19. The minimum atomic E-state index is -1.18. The molecule has 7 nitrogen and oxygen atoms in total. The molecule has 0 bridgehead atoms. The first-order valence-electron chi connectivity index (χ1n) is 11.0. The molecule has 1 unspecified atom stereocenters. The van der Waals surface area contributed by atoms with Crippen molar-refractivity contribution in [3.8, 4) is 5.75 Å². The highest BCUT2D eigenvalue weighted by Gasteiger charge is 2.25. The fourth-order valence-electron chi connectivity index (χ4n) is 3.51. The Labute approximate surface area is 199 Å². The van der Waals surface area contributed by atoms with Crippen LogP contribution in [0.4, 0.5) is 5.69 Å². The first-order chi connectivity index (χ1) is 16.4. The highest BCUT2D eigenvalue weighted by molar-refractivity contribution is 5.99. The number of aryl methyl sites for hydroxylation is 2. The van der Waals surface area contributed by atoms with Gasteiger partial charge < -0.3 is 20.1 Å². The predicted molar refractivity (Wildman–Crippen MR) is 130 cm³/mol. The summed E-state index contributed by atoms with van der Waals surface area (Å²) in [5, 5.41) is 5.35. The number of benzene rings is 3. The van der Waals surface area contributed by atoms with Gasteiger partial charge in [0.15, 0.2) is 0 Å². The van der Waals surface area contributed by atoms with Crippen molar-refractivity contribution in [3.63, 3.8) is 0 Å². The number of carbonyl (C=O) groups excluding carboxylic acids is 3. The van der Waals surface area contributed by atoms with Gasteiger partial charge in [-0.05, 0) is 56.2 Å². The van der Waals surface area contributed by atoms with E-state index in [9.17, 15) is 14.4 Å². The van der Waals surface area contributed by atoms with Crippen LogP contribution in [0.5, 0.6) is 5.75 Å². The number of hydrogen-bond donors (Lipinski definition) is 2. The van der Waals surface area contributed by atoms with Crippen LogP contribution in [0.1, 0.15) is 40.1 Å². The van der Waals surface area contributed by atoms with Gasteiger partial charge in [-0.15, -0.1) is 0 Å². The third kappa shape index (κ3) is 6.68. The summed E-state index contributed by atoms with van der Waals surface area (Å²) in [5.74, 6) is -1.29. The Bertz CT molecular complexity index is 1140. The molecule has 0 aromatic heterocycles. The van der Waals surface area contributed by atoms with Crippen molar-refractivity contribution >= 4 is 23.5 Å². The van der Waals surface area contributed by atoms with Crippen LogP contribution in [-0.2, 0) is 14.3 Å². The van der Waals surface area contributed by atoms with E-state index in [1.807, 2.05) is 39.0 Å². The summed E-state index contributed by atoms with van der Waals surface area (Å²) in [7, 11) is 0. The molecule has 0 aliphatic carbocycles. The van der Waals surface area contributed by atoms with Gasteiger partial charge in [0, 0.05) is 11.3 Å². The molecule has 0 heterocycles. The molecule has 3 aromatic rings. The van der Waals surface area contributed by atoms with E-state index in [1.165, 1.54) is 0 Å². The number of nitrogens with one attached hydrogen (secondary N) is 2. The highest BCUT2D eigenvalue weighted by Crippen LogP contribution is 2.22. The van der Waals surface area contributed by atoms with Gasteiger partial charge in [-0.25, -0.2) is 0 Å². The van der Waals surface area contributed by atoms with Crippen LogP contribution in [0.25, 0.3) is 0 Å². The van der Waals surface area contributed by atoms with E-state index in [2.05, 4.69) is 10.6 Å². The Morgan fingerprint density at radius 3 is 2.21 bits per heavy atom. The Morgan fingerprint density at radius 1 is 0.882 bits per heavy atom. The fourth-order valence-corrected chi connectivity index (χ4v) is 3.51. The lowest BCUT2D eigenvalue weighted by molar-refractivity contribution is -0.153. The maximum atomic E-state index is 13.1. The third-order valence-corrected chi connectivity index (χ3v) is 4.90. The summed E-state index contributed by atoms with van der Waals surface area (Å²) >= 11 is 0. The summed E-state index contributed by atoms with van der Waals surface area (Å²) < 4.78 is 11.0. The lowest BCUT2D eigenvalue weighted by atomic mass is 10.1. The van der Waals surface area contributed by atoms with Crippen LogP contribution in [0.3, 0.4) is 0 Å². The van der Waals surface area contributed by atoms with Crippen molar-refractivity contribution in [1.82, 2.24) is 5.32 Å². The van der Waals surface area contributed by atoms with Gasteiger partial charge in [-0.2, -0.15) is 0 Å². The van der Waals surface area contributed by atoms with Crippen LogP contribution in [0.15, 0.2) is 72.8 Å². The molecule has 0 spiro atoms. The first-order valence-corrected chi connectivity index (χ1v) is 11.0. The van der Waals surface area contributed by atoms with Crippen molar-refractivity contribution in [3.05, 3.63) is 95.1 Å². The second-order valence-corrected chi connectivity index (χ2v) is 7.76. The molecule has 2 N–H and O–H groups in total. The summed E-state index contributed by atoms with van der Waals surface area (Å²) in [6.07, 6.45) is -1.18.